The molecule has 2 amide bonds. The molecule has 6 heteroatoms. The predicted molar refractivity (Wildman–Crippen MR) is 75.5 cm³/mol. The number of hydrogen-bond acceptors (Lipinski definition) is 3. The molecule has 1 aliphatic rings. The van der Waals surface area contributed by atoms with Crippen LogP contribution in [0.15, 0.2) is 22.7 Å². The van der Waals surface area contributed by atoms with Gasteiger partial charge < -0.3 is 5.11 Å². The summed E-state index contributed by atoms with van der Waals surface area (Å²) in [7, 11) is 0. The summed E-state index contributed by atoms with van der Waals surface area (Å²) in [6, 6.07) is 4.99. The molecule has 1 aromatic rings. The number of carboxylic acids is 1. The molecule has 1 aliphatic heterocycles. The zero-order valence-electron chi connectivity index (χ0n) is 10.9. The molecule has 106 valence electrons. The minimum atomic E-state index is -0.872. The van der Waals surface area contributed by atoms with Gasteiger partial charge in [-0.05, 0) is 30.5 Å². The second-order valence-corrected chi connectivity index (χ2v) is 5.86. The third kappa shape index (κ3) is 2.90. The van der Waals surface area contributed by atoms with E-state index in [-0.39, 0.29) is 30.7 Å². The number of carboxylic acid groups (broad SMARTS) is 1. The molecule has 0 aliphatic carbocycles. The maximum atomic E-state index is 12.2. The number of aliphatic carboxylic acids is 1. The van der Waals surface area contributed by atoms with Crippen molar-refractivity contribution in [2.45, 2.75) is 19.8 Å². The minimum absolute atomic E-state index is 0.0376. The average molecular weight is 340 g/mol. The van der Waals surface area contributed by atoms with Crippen molar-refractivity contribution in [1.29, 1.82) is 0 Å². The van der Waals surface area contributed by atoms with Gasteiger partial charge in [0.05, 0.1) is 11.1 Å². The van der Waals surface area contributed by atoms with E-state index in [0.29, 0.717) is 17.5 Å². The third-order valence-electron chi connectivity index (χ3n) is 3.28. The van der Waals surface area contributed by atoms with Crippen molar-refractivity contribution >= 4 is 33.7 Å². The van der Waals surface area contributed by atoms with Gasteiger partial charge in [-0.2, -0.15) is 0 Å². The number of benzene rings is 1. The molecule has 0 fully saturated rings. The highest BCUT2D eigenvalue weighted by Crippen LogP contribution is 2.27. The van der Waals surface area contributed by atoms with E-state index in [1.54, 1.807) is 18.2 Å². The summed E-state index contributed by atoms with van der Waals surface area (Å²) < 4.78 is 0.748. The molecule has 1 N–H and O–H groups in total. The first kappa shape index (κ1) is 14.7. The molecule has 0 radical (unpaired) electrons. The standard InChI is InChI=1S/C14H14BrNO4/c1-8(2-5-12(17)18)7-16-13(19)10-4-3-9(15)6-11(10)14(16)20/h3-4,6,8H,2,5,7H2,1H3,(H,17,18). The number of rotatable bonds is 5. The number of nitrogens with zero attached hydrogens (tertiary/aromatic N) is 1. The Morgan fingerprint density at radius 1 is 1.30 bits per heavy atom. The lowest BCUT2D eigenvalue weighted by Crippen LogP contribution is -2.34. The maximum absolute atomic E-state index is 12.2. The van der Waals surface area contributed by atoms with Crippen molar-refractivity contribution in [3.05, 3.63) is 33.8 Å². The van der Waals surface area contributed by atoms with E-state index >= 15 is 0 Å². The Labute approximate surface area is 124 Å². The Kier molecular flexibility index (Phi) is 4.23. The summed E-state index contributed by atoms with van der Waals surface area (Å²) in [5, 5.41) is 8.65. The zero-order chi connectivity index (χ0) is 14.9. The molecule has 5 nitrogen and oxygen atoms in total. The molecule has 20 heavy (non-hydrogen) atoms. The third-order valence-corrected chi connectivity index (χ3v) is 3.77. The van der Waals surface area contributed by atoms with Crippen LogP contribution in [0.3, 0.4) is 0 Å². The molecule has 0 bridgehead atoms. The largest absolute Gasteiger partial charge is 0.481 e. The van der Waals surface area contributed by atoms with Gasteiger partial charge in [-0.15, -0.1) is 0 Å². The quantitative estimate of drug-likeness (QED) is 0.836. The number of imide groups is 1. The fourth-order valence-electron chi connectivity index (χ4n) is 2.20. The van der Waals surface area contributed by atoms with Crippen LogP contribution in [0.4, 0.5) is 0 Å². The van der Waals surface area contributed by atoms with Gasteiger partial charge in [0, 0.05) is 17.4 Å². The van der Waals surface area contributed by atoms with Crippen LogP contribution in [0.25, 0.3) is 0 Å². The maximum Gasteiger partial charge on any atom is 0.303 e. The predicted octanol–water partition coefficient (Wildman–Crippen LogP) is 2.55. The van der Waals surface area contributed by atoms with Crippen molar-refractivity contribution in [2.24, 2.45) is 5.92 Å². The highest BCUT2D eigenvalue weighted by Gasteiger charge is 2.36. The van der Waals surface area contributed by atoms with Crippen LogP contribution in [-0.4, -0.2) is 34.3 Å². The van der Waals surface area contributed by atoms with Gasteiger partial charge in [-0.3, -0.25) is 19.3 Å². The molecule has 0 aromatic heterocycles. The Balaban J connectivity index is 2.10. The van der Waals surface area contributed by atoms with Crippen LogP contribution < -0.4 is 0 Å². The van der Waals surface area contributed by atoms with Crippen LogP contribution in [0.5, 0.6) is 0 Å². The number of halogens is 1. The second-order valence-electron chi connectivity index (χ2n) is 4.95. The van der Waals surface area contributed by atoms with Gasteiger partial charge in [-0.25, -0.2) is 0 Å². The van der Waals surface area contributed by atoms with Crippen LogP contribution >= 0.6 is 15.9 Å². The van der Waals surface area contributed by atoms with E-state index in [1.165, 1.54) is 4.90 Å². The molecule has 1 aromatic carbocycles. The van der Waals surface area contributed by atoms with Crippen molar-refractivity contribution < 1.29 is 19.5 Å². The van der Waals surface area contributed by atoms with Crippen molar-refractivity contribution in [2.75, 3.05) is 6.54 Å². The van der Waals surface area contributed by atoms with Gasteiger partial charge in [0.2, 0.25) is 0 Å². The SMILES string of the molecule is CC(CCC(=O)O)CN1C(=O)c2ccc(Br)cc2C1=O. The van der Waals surface area contributed by atoms with Gasteiger partial charge in [-0.1, -0.05) is 22.9 Å². The number of fused-ring (bicyclic) bond motifs is 1. The molecular weight excluding hydrogens is 326 g/mol. The first-order valence-electron chi connectivity index (χ1n) is 6.27. The highest BCUT2D eigenvalue weighted by atomic mass is 79.9. The van der Waals surface area contributed by atoms with E-state index in [0.717, 1.165) is 4.47 Å². The monoisotopic (exact) mass is 339 g/mol. The molecule has 0 spiro atoms. The molecule has 0 saturated heterocycles. The zero-order valence-corrected chi connectivity index (χ0v) is 12.5. The fraction of sp³-hybridized carbons (Fsp3) is 0.357. The van der Waals surface area contributed by atoms with Crippen molar-refractivity contribution in [3.8, 4) is 0 Å². The normalized spacial score (nSPS) is 15.4. The van der Waals surface area contributed by atoms with E-state index in [9.17, 15) is 14.4 Å². The Morgan fingerprint density at radius 2 is 1.95 bits per heavy atom. The minimum Gasteiger partial charge on any atom is -0.481 e. The van der Waals surface area contributed by atoms with Gasteiger partial charge in [0.1, 0.15) is 0 Å². The number of hydrogen-bond donors (Lipinski definition) is 1. The molecule has 1 heterocycles. The first-order valence-corrected chi connectivity index (χ1v) is 7.07. The average Bonchev–Trinajstić information content (AvgIpc) is 2.61. The molecule has 1 unspecified atom stereocenters. The first-order chi connectivity index (χ1) is 9.40. The van der Waals surface area contributed by atoms with E-state index in [2.05, 4.69) is 15.9 Å². The summed E-state index contributed by atoms with van der Waals surface area (Å²) in [4.78, 5) is 36.1. The van der Waals surface area contributed by atoms with Crippen molar-refractivity contribution in [1.82, 2.24) is 4.90 Å². The Bertz CT molecular complexity index is 585. The van der Waals surface area contributed by atoms with E-state index in [1.807, 2.05) is 6.92 Å². The van der Waals surface area contributed by atoms with E-state index in [4.69, 9.17) is 5.11 Å². The molecular formula is C14H14BrNO4. The lowest BCUT2D eigenvalue weighted by Gasteiger charge is -2.18. The summed E-state index contributed by atoms with van der Waals surface area (Å²) >= 11 is 3.28. The van der Waals surface area contributed by atoms with Gasteiger partial charge in [0.25, 0.3) is 11.8 Å². The Morgan fingerprint density at radius 3 is 2.60 bits per heavy atom. The van der Waals surface area contributed by atoms with Gasteiger partial charge >= 0.3 is 5.97 Å². The number of carbonyl (C=O) groups is 3. The van der Waals surface area contributed by atoms with Gasteiger partial charge in [0.15, 0.2) is 0 Å². The summed E-state index contributed by atoms with van der Waals surface area (Å²) in [6.07, 6.45) is 0.475. The Hall–Kier alpha value is -1.69. The number of amides is 2. The summed E-state index contributed by atoms with van der Waals surface area (Å²) in [6.45, 7) is 2.08. The van der Waals surface area contributed by atoms with Crippen LogP contribution in [0, 0.1) is 5.92 Å². The molecule has 2 rings (SSSR count). The van der Waals surface area contributed by atoms with E-state index < -0.39 is 5.97 Å². The topological polar surface area (TPSA) is 74.7 Å². The molecule has 0 saturated carbocycles. The fourth-order valence-corrected chi connectivity index (χ4v) is 2.56. The second kappa shape index (κ2) is 5.75. The molecule has 1 atom stereocenters. The summed E-state index contributed by atoms with van der Waals surface area (Å²) in [5.74, 6) is -1.53. The lowest BCUT2D eigenvalue weighted by molar-refractivity contribution is -0.137. The highest BCUT2D eigenvalue weighted by molar-refractivity contribution is 9.10. The summed E-state index contributed by atoms with van der Waals surface area (Å²) in [5.41, 5.74) is 0.804. The lowest BCUT2D eigenvalue weighted by atomic mass is 10.1. The van der Waals surface area contributed by atoms with Crippen LogP contribution in [0.1, 0.15) is 40.5 Å². The smallest absolute Gasteiger partial charge is 0.303 e. The van der Waals surface area contributed by atoms with Crippen LogP contribution in [0.2, 0.25) is 0 Å². The number of carbonyl (C=O) groups excluding carboxylic acids is 2. The van der Waals surface area contributed by atoms with Crippen LogP contribution in [-0.2, 0) is 4.79 Å². The van der Waals surface area contributed by atoms with Crippen molar-refractivity contribution in [3.63, 3.8) is 0 Å².